The van der Waals surface area contributed by atoms with Crippen LogP contribution in [0.25, 0.3) is 11.1 Å². The van der Waals surface area contributed by atoms with Crippen molar-refractivity contribution in [3.8, 4) is 11.1 Å². The number of likely N-dealkylation sites (N-methyl/N-ethyl adjacent to an activating group) is 1. The van der Waals surface area contributed by atoms with Crippen LogP contribution in [-0.4, -0.2) is 24.2 Å². The van der Waals surface area contributed by atoms with Gasteiger partial charge in [0.25, 0.3) is 0 Å². The average molecular weight is 304 g/mol. The molecule has 0 saturated carbocycles. The van der Waals surface area contributed by atoms with E-state index in [1.54, 1.807) is 0 Å². The molecule has 0 radical (unpaired) electrons. The van der Waals surface area contributed by atoms with E-state index in [4.69, 9.17) is 11.6 Å². The lowest BCUT2D eigenvalue weighted by Gasteiger charge is -2.09. The molecule has 2 N–H and O–H groups in total. The molecule has 1 amide bonds. The number of carbonyl (C=O) groups is 1. The van der Waals surface area contributed by atoms with Crippen molar-refractivity contribution in [3.05, 3.63) is 59.1 Å². The number of aryl methyl sites for hydroxylation is 1. The van der Waals surface area contributed by atoms with Crippen molar-refractivity contribution in [2.24, 2.45) is 0 Å². The highest BCUT2D eigenvalue weighted by Gasteiger charge is 2.12. The minimum Gasteiger partial charge on any atom is -0.383 e. The summed E-state index contributed by atoms with van der Waals surface area (Å²) in [6.07, 6.45) is 0.0981. The zero-order valence-electron chi connectivity index (χ0n) is 11.8. The lowest BCUT2D eigenvalue weighted by atomic mass is 10.0. The van der Waals surface area contributed by atoms with Gasteiger partial charge in [-0.25, -0.2) is 0 Å². The molecule has 0 saturated heterocycles. The van der Waals surface area contributed by atoms with Gasteiger partial charge in [0.15, 0.2) is 0 Å². The molecule has 2 aromatic rings. The Hall–Kier alpha value is -1.84. The molecule has 1 atom stereocenters. The number of aliphatic hydroxyl groups excluding tert-OH is 1. The van der Waals surface area contributed by atoms with E-state index in [1.807, 2.05) is 48.5 Å². The molecule has 0 aromatic heterocycles. The lowest BCUT2D eigenvalue weighted by molar-refractivity contribution is -0.129. The maximum absolute atomic E-state index is 11.2. The highest BCUT2D eigenvalue weighted by Crippen LogP contribution is 2.27. The fourth-order valence-electron chi connectivity index (χ4n) is 2.15. The monoisotopic (exact) mass is 303 g/mol. The summed E-state index contributed by atoms with van der Waals surface area (Å²) < 4.78 is 0. The molecule has 2 aromatic carbocycles. The molecule has 3 nitrogen and oxygen atoms in total. The molecule has 110 valence electrons. The minimum atomic E-state index is -0.960. The van der Waals surface area contributed by atoms with Gasteiger partial charge < -0.3 is 10.4 Å². The van der Waals surface area contributed by atoms with Gasteiger partial charge in [0, 0.05) is 17.6 Å². The van der Waals surface area contributed by atoms with Crippen molar-refractivity contribution in [1.82, 2.24) is 5.32 Å². The normalized spacial score (nSPS) is 12.0. The van der Waals surface area contributed by atoms with Crippen LogP contribution in [0.1, 0.15) is 12.0 Å². The Morgan fingerprint density at radius 1 is 1.19 bits per heavy atom. The molecular formula is C17H18ClNO2. The van der Waals surface area contributed by atoms with Crippen LogP contribution in [0.4, 0.5) is 0 Å². The first-order chi connectivity index (χ1) is 10.1. The first kappa shape index (κ1) is 15.5. The molecule has 0 fully saturated rings. The summed E-state index contributed by atoms with van der Waals surface area (Å²) >= 11 is 6.17. The summed E-state index contributed by atoms with van der Waals surface area (Å²) in [5.41, 5.74) is 3.13. The highest BCUT2D eigenvalue weighted by atomic mass is 35.5. The maximum atomic E-state index is 11.2. The second-order valence-corrected chi connectivity index (χ2v) is 5.25. The van der Waals surface area contributed by atoms with Crippen molar-refractivity contribution in [1.29, 1.82) is 0 Å². The quantitative estimate of drug-likeness (QED) is 0.892. The fraction of sp³-hybridized carbons (Fsp3) is 0.235. The van der Waals surface area contributed by atoms with E-state index in [-0.39, 0.29) is 5.91 Å². The fourth-order valence-corrected chi connectivity index (χ4v) is 2.39. The van der Waals surface area contributed by atoms with Gasteiger partial charge in [-0.3, -0.25) is 4.79 Å². The van der Waals surface area contributed by atoms with E-state index < -0.39 is 6.10 Å². The van der Waals surface area contributed by atoms with Gasteiger partial charge in [-0.2, -0.15) is 0 Å². The maximum Gasteiger partial charge on any atom is 0.248 e. The number of hydrogen-bond acceptors (Lipinski definition) is 2. The Morgan fingerprint density at radius 2 is 1.86 bits per heavy atom. The second-order valence-electron chi connectivity index (χ2n) is 4.85. The van der Waals surface area contributed by atoms with Gasteiger partial charge in [-0.05, 0) is 30.0 Å². The van der Waals surface area contributed by atoms with E-state index in [9.17, 15) is 9.90 Å². The molecule has 4 heteroatoms. The first-order valence-corrected chi connectivity index (χ1v) is 7.23. The first-order valence-electron chi connectivity index (χ1n) is 6.85. The van der Waals surface area contributed by atoms with Crippen LogP contribution in [0, 0.1) is 0 Å². The standard InChI is InChI=1S/C17H18ClNO2/c1-19-17(21)16(20)11-8-12-6-9-13(10-7-12)14-4-2-3-5-15(14)18/h2-7,9-10,16,20H,8,11H2,1H3,(H,19,21). The van der Waals surface area contributed by atoms with Crippen LogP contribution in [-0.2, 0) is 11.2 Å². The van der Waals surface area contributed by atoms with Gasteiger partial charge in [0.1, 0.15) is 6.10 Å². The van der Waals surface area contributed by atoms with Crippen molar-refractivity contribution in [3.63, 3.8) is 0 Å². The molecule has 0 aliphatic heterocycles. The molecule has 0 spiro atoms. The zero-order chi connectivity index (χ0) is 15.2. The lowest BCUT2D eigenvalue weighted by Crippen LogP contribution is -2.31. The summed E-state index contributed by atoms with van der Waals surface area (Å²) in [5, 5.41) is 12.8. The van der Waals surface area contributed by atoms with E-state index in [2.05, 4.69) is 5.32 Å². The van der Waals surface area contributed by atoms with Crippen LogP contribution in [0.15, 0.2) is 48.5 Å². The molecule has 0 aliphatic rings. The third kappa shape index (κ3) is 4.06. The number of hydrogen-bond donors (Lipinski definition) is 2. The zero-order valence-corrected chi connectivity index (χ0v) is 12.6. The summed E-state index contributed by atoms with van der Waals surface area (Å²) in [6.45, 7) is 0. The van der Waals surface area contributed by atoms with Gasteiger partial charge in [0.05, 0.1) is 0 Å². The average Bonchev–Trinajstić information content (AvgIpc) is 2.53. The number of rotatable bonds is 5. The van der Waals surface area contributed by atoms with Crippen LogP contribution in [0.3, 0.4) is 0 Å². The third-order valence-electron chi connectivity index (χ3n) is 3.39. The molecular weight excluding hydrogens is 286 g/mol. The smallest absolute Gasteiger partial charge is 0.248 e. The SMILES string of the molecule is CNC(=O)C(O)CCc1ccc(-c2ccccc2Cl)cc1. The Kier molecular flexibility index (Phi) is 5.37. The van der Waals surface area contributed by atoms with Crippen molar-refractivity contribution >= 4 is 17.5 Å². The molecule has 0 heterocycles. The van der Waals surface area contributed by atoms with Crippen molar-refractivity contribution < 1.29 is 9.90 Å². The number of benzene rings is 2. The third-order valence-corrected chi connectivity index (χ3v) is 3.72. The Labute approximate surface area is 129 Å². The minimum absolute atomic E-state index is 0.345. The summed E-state index contributed by atoms with van der Waals surface area (Å²) in [4.78, 5) is 11.2. The Bertz CT molecular complexity index is 610. The number of amides is 1. The van der Waals surface area contributed by atoms with Crippen LogP contribution in [0.5, 0.6) is 0 Å². The van der Waals surface area contributed by atoms with E-state index in [0.717, 1.165) is 21.7 Å². The predicted molar refractivity (Wildman–Crippen MR) is 85.3 cm³/mol. The molecule has 21 heavy (non-hydrogen) atoms. The number of aliphatic hydroxyl groups is 1. The highest BCUT2D eigenvalue weighted by molar-refractivity contribution is 6.33. The Morgan fingerprint density at radius 3 is 2.48 bits per heavy atom. The van der Waals surface area contributed by atoms with Crippen LogP contribution in [0.2, 0.25) is 5.02 Å². The van der Waals surface area contributed by atoms with Gasteiger partial charge in [-0.15, -0.1) is 0 Å². The van der Waals surface area contributed by atoms with Gasteiger partial charge in [-0.1, -0.05) is 54.1 Å². The molecule has 2 rings (SSSR count). The molecule has 0 bridgehead atoms. The predicted octanol–water partition coefficient (Wildman–Crippen LogP) is 3.05. The van der Waals surface area contributed by atoms with Gasteiger partial charge in [0.2, 0.25) is 5.91 Å². The largest absolute Gasteiger partial charge is 0.383 e. The number of carbonyl (C=O) groups excluding carboxylic acids is 1. The Balaban J connectivity index is 2.03. The van der Waals surface area contributed by atoms with E-state index in [0.29, 0.717) is 12.8 Å². The molecule has 1 unspecified atom stereocenters. The second kappa shape index (κ2) is 7.25. The van der Waals surface area contributed by atoms with Crippen molar-refractivity contribution in [2.45, 2.75) is 18.9 Å². The summed E-state index contributed by atoms with van der Waals surface area (Å²) in [7, 11) is 1.52. The molecule has 0 aliphatic carbocycles. The number of halogens is 1. The van der Waals surface area contributed by atoms with E-state index >= 15 is 0 Å². The van der Waals surface area contributed by atoms with Crippen LogP contribution < -0.4 is 5.32 Å². The van der Waals surface area contributed by atoms with Gasteiger partial charge >= 0.3 is 0 Å². The summed E-state index contributed by atoms with van der Waals surface area (Å²) in [5.74, 6) is -0.345. The van der Waals surface area contributed by atoms with Crippen LogP contribution >= 0.6 is 11.6 Å². The number of nitrogens with one attached hydrogen (secondary N) is 1. The topological polar surface area (TPSA) is 49.3 Å². The summed E-state index contributed by atoms with van der Waals surface area (Å²) in [6, 6.07) is 15.7. The van der Waals surface area contributed by atoms with E-state index in [1.165, 1.54) is 7.05 Å². The van der Waals surface area contributed by atoms with Crippen molar-refractivity contribution in [2.75, 3.05) is 7.05 Å².